The molecule has 1 amide bonds. The maximum atomic E-state index is 12.2. The Morgan fingerprint density at radius 1 is 1.28 bits per heavy atom. The van der Waals surface area contributed by atoms with Crippen LogP contribution < -0.4 is 5.32 Å². The van der Waals surface area contributed by atoms with Gasteiger partial charge in [-0.2, -0.15) is 5.10 Å². The van der Waals surface area contributed by atoms with E-state index in [1.807, 2.05) is 36.5 Å². The van der Waals surface area contributed by atoms with Crippen LogP contribution in [-0.2, 0) is 4.79 Å². The molecule has 7 heteroatoms. The second kappa shape index (κ2) is 7.06. The van der Waals surface area contributed by atoms with Crippen molar-refractivity contribution >= 4 is 40.5 Å². The first-order chi connectivity index (χ1) is 12.2. The first kappa shape index (κ1) is 16.4. The summed E-state index contributed by atoms with van der Waals surface area (Å²) in [6, 6.07) is 7.80. The third-order valence-electron chi connectivity index (χ3n) is 4.27. The Morgan fingerprint density at radius 2 is 2.04 bits per heavy atom. The number of aliphatic imine (C=N–C) groups is 1. The third kappa shape index (κ3) is 3.80. The molecule has 1 N–H and O–H groups in total. The minimum atomic E-state index is -0.0963. The van der Waals surface area contributed by atoms with Crippen molar-refractivity contribution in [1.82, 2.24) is 15.1 Å². The number of nitrogens with one attached hydrogen (secondary N) is 1. The molecule has 0 unspecified atom stereocenters. The Bertz CT molecular complexity index is 850. The van der Waals surface area contributed by atoms with Gasteiger partial charge < -0.3 is 5.32 Å². The number of carbonyl (C=O) groups is 1. The van der Waals surface area contributed by atoms with E-state index in [2.05, 4.69) is 15.4 Å². The van der Waals surface area contributed by atoms with Gasteiger partial charge in [-0.05, 0) is 54.9 Å². The van der Waals surface area contributed by atoms with Crippen LogP contribution in [0.4, 0.5) is 0 Å². The zero-order chi connectivity index (χ0) is 17.2. The summed E-state index contributed by atoms with van der Waals surface area (Å²) < 4.78 is 1.76. The van der Waals surface area contributed by atoms with Gasteiger partial charge in [0, 0.05) is 16.8 Å². The average molecular weight is 373 g/mol. The van der Waals surface area contributed by atoms with Crippen molar-refractivity contribution in [3.05, 3.63) is 52.2 Å². The number of hydrogen-bond acceptors (Lipinski definition) is 4. The van der Waals surface area contributed by atoms with Crippen LogP contribution in [0.1, 0.15) is 31.2 Å². The van der Waals surface area contributed by atoms with Crippen molar-refractivity contribution in [1.29, 1.82) is 0 Å². The SMILES string of the molecule is O=C1NC(=NC2CCCC2)S/C1=C/c1cnn(-c2ccc(Cl)cc2)c1. The number of thioether (sulfide) groups is 1. The van der Waals surface area contributed by atoms with Crippen LogP contribution >= 0.6 is 23.4 Å². The Labute approximate surface area is 155 Å². The van der Waals surface area contributed by atoms with Crippen LogP contribution in [0.25, 0.3) is 11.8 Å². The van der Waals surface area contributed by atoms with Gasteiger partial charge in [-0.15, -0.1) is 0 Å². The molecule has 2 fully saturated rings. The van der Waals surface area contributed by atoms with Gasteiger partial charge in [0.05, 0.1) is 22.8 Å². The predicted molar refractivity (Wildman–Crippen MR) is 102 cm³/mol. The molecule has 25 heavy (non-hydrogen) atoms. The molecule has 4 rings (SSSR count). The van der Waals surface area contributed by atoms with E-state index < -0.39 is 0 Å². The highest BCUT2D eigenvalue weighted by atomic mass is 35.5. The van der Waals surface area contributed by atoms with E-state index in [1.165, 1.54) is 24.6 Å². The summed E-state index contributed by atoms with van der Waals surface area (Å²) in [5, 5.41) is 8.61. The van der Waals surface area contributed by atoms with Crippen LogP contribution in [0.2, 0.25) is 5.02 Å². The molecule has 2 heterocycles. The number of amidine groups is 1. The molecular weight excluding hydrogens is 356 g/mol. The van der Waals surface area contributed by atoms with Gasteiger partial charge in [0.1, 0.15) is 0 Å². The molecule has 0 atom stereocenters. The van der Waals surface area contributed by atoms with Crippen molar-refractivity contribution in [2.75, 3.05) is 0 Å². The molecule has 5 nitrogen and oxygen atoms in total. The van der Waals surface area contributed by atoms with E-state index in [0.717, 1.165) is 24.1 Å². The van der Waals surface area contributed by atoms with E-state index in [-0.39, 0.29) is 5.91 Å². The standard InChI is InChI=1S/C18H17ClN4OS/c19-13-5-7-15(8-6-13)23-11-12(10-20-23)9-16-17(24)22-18(25-16)21-14-3-1-2-4-14/h5-11,14H,1-4H2,(H,21,22,24)/b16-9+. The van der Waals surface area contributed by atoms with Gasteiger partial charge in [0.25, 0.3) is 5.91 Å². The number of hydrogen-bond donors (Lipinski definition) is 1. The fraction of sp³-hybridized carbons (Fsp3) is 0.278. The molecule has 1 aliphatic heterocycles. The topological polar surface area (TPSA) is 59.3 Å². The molecule has 0 radical (unpaired) electrons. The molecule has 2 aromatic rings. The normalized spacial score (nSPS) is 21.4. The molecule has 1 saturated carbocycles. The maximum absolute atomic E-state index is 12.2. The Morgan fingerprint density at radius 3 is 2.80 bits per heavy atom. The summed E-state index contributed by atoms with van der Waals surface area (Å²) in [6.45, 7) is 0. The fourth-order valence-electron chi connectivity index (χ4n) is 2.99. The largest absolute Gasteiger partial charge is 0.301 e. The van der Waals surface area contributed by atoms with E-state index in [0.29, 0.717) is 21.1 Å². The quantitative estimate of drug-likeness (QED) is 0.827. The Hall–Kier alpha value is -2.05. The lowest BCUT2D eigenvalue weighted by Gasteiger charge is -2.02. The van der Waals surface area contributed by atoms with Crippen molar-refractivity contribution in [3.63, 3.8) is 0 Å². The summed E-state index contributed by atoms with van der Waals surface area (Å²) in [4.78, 5) is 17.5. The number of amides is 1. The van der Waals surface area contributed by atoms with Crippen molar-refractivity contribution in [2.45, 2.75) is 31.7 Å². The molecule has 1 saturated heterocycles. The Balaban J connectivity index is 1.51. The summed E-state index contributed by atoms with van der Waals surface area (Å²) in [7, 11) is 0. The van der Waals surface area contributed by atoms with E-state index in [9.17, 15) is 4.79 Å². The van der Waals surface area contributed by atoms with Gasteiger partial charge in [0.15, 0.2) is 5.17 Å². The minimum Gasteiger partial charge on any atom is -0.301 e. The molecular formula is C18H17ClN4OS. The first-order valence-corrected chi connectivity index (χ1v) is 9.46. The van der Waals surface area contributed by atoms with Gasteiger partial charge >= 0.3 is 0 Å². The summed E-state index contributed by atoms with van der Waals surface area (Å²) in [6.07, 6.45) is 10.2. The van der Waals surface area contributed by atoms with Crippen molar-refractivity contribution in [3.8, 4) is 5.69 Å². The fourth-order valence-corrected chi connectivity index (χ4v) is 4.00. The predicted octanol–water partition coefficient (Wildman–Crippen LogP) is 4.03. The smallest absolute Gasteiger partial charge is 0.264 e. The first-order valence-electron chi connectivity index (χ1n) is 8.27. The maximum Gasteiger partial charge on any atom is 0.264 e. The molecule has 1 aromatic heterocycles. The highest BCUT2D eigenvalue weighted by molar-refractivity contribution is 8.18. The van der Waals surface area contributed by atoms with Crippen molar-refractivity contribution < 1.29 is 4.79 Å². The monoisotopic (exact) mass is 372 g/mol. The summed E-state index contributed by atoms with van der Waals surface area (Å²) >= 11 is 7.31. The van der Waals surface area contributed by atoms with E-state index in [1.54, 1.807) is 10.9 Å². The molecule has 128 valence electrons. The number of carbonyl (C=O) groups excluding carboxylic acids is 1. The van der Waals surface area contributed by atoms with Gasteiger partial charge in [-0.1, -0.05) is 24.4 Å². The highest BCUT2D eigenvalue weighted by Crippen LogP contribution is 2.29. The van der Waals surface area contributed by atoms with E-state index >= 15 is 0 Å². The van der Waals surface area contributed by atoms with Crippen LogP contribution in [0, 0.1) is 0 Å². The molecule has 0 spiro atoms. The van der Waals surface area contributed by atoms with Crippen LogP contribution in [-0.4, -0.2) is 26.9 Å². The average Bonchev–Trinajstić information content (AvgIpc) is 3.32. The lowest BCUT2D eigenvalue weighted by atomic mass is 10.3. The zero-order valence-corrected chi connectivity index (χ0v) is 15.1. The van der Waals surface area contributed by atoms with Gasteiger partial charge in [-0.3, -0.25) is 9.79 Å². The molecule has 1 aliphatic carbocycles. The lowest BCUT2D eigenvalue weighted by Crippen LogP contribution is -2.21. The number of halogens is 1. The number of nitrogens with zero attached hydrogens (tertiary/aromatic N) is 3. The number of rotatable bonds is 3. The number of benzene rings is 1. The van der Waals surface area contributed by atoms with Gasteiger partial charge in [-0.25, -0.2) is 4.68 Å². The lowest BCUT2D eigenvalue weighted by molar-refractivity contribution is -0.115. The third-order valence-corrected chi connectivity index (χ3v) is 5.44. The zero-order valence-electron chi connectivity index (χ0n) is 13.5. The highest BCUT2D eigenvalue weighted by Gasteiger charge is 2.25. The summed E-state index contributed by atoms with van der Waals surface area (Å²) in [5.74, 6) is -0.0963. The molecule has 2 aliphatic rings. The Kier molecular flexibility index (Phi) is 4.63. The second-order valence-electron chi connectivity index (χ2n) is 6.13. The number of aromatic nitrogens is 2. The van der Waals surface area contributed by atoms with Crippen LogP contribution in [0.3, 0.4) is 0 Å². The van der Waals surface area contributed by atoms with Crippen LogP contribution in [0.15, 0.2) is 46.6 Å². The van der Waals surface area contributed by atoms with Crippen LogP contribution in [0.5, 0.6) is 0 Å². The molecule has 0 bridgehead atoms. The van der Waals surface area contributed by atoms with Crippen molar-refractivity contribution in [2.24, 2.45) is 4.99 Å². The van der Waals surface area contributed by atoms with Gasteiger partial charge in [0.2, 0.25) is 0 Å². The molecule has 1 aromatic carbocycles. The second-order valence-corrected chi connectivity index (χ2v) is 7.60. The minimum absolute atomic E-state index is 0.0963. The summed E-state index contributed by atoms with van der Waals surface area (Å²) in [5.41, 5.74) is 1.79. The van der Waals surface area contributed by atoms with E-state index in [4.69, 9.17) is 11.6 Å².